The van der Waals surface area contributed by atoms with Gasteiger partial charge >= 0.3 is 0 Å². The molecule has 1 N–H and O–H groups in total. The summed E-state index contributed by atoms with van der Waals surface area (Å²) >= 11 is 0. The summed E-state index contributed by atoms with van der Waals surface area (Å²) in [4.78, 5) is 7.08. The van der Waals surface area contributed by atoms with Crippen molar-refractivity contribution in [3.63, 3.8) is 0 Å². The minimum absolute atomic E-state index is 0.699. The smallest absolute Gasteiger partial charge is 0.194 e. The fourth-order valence-corrected chi connectivity index (χ4v) is 2.52. The molecule has 2 heterocycles. The maximum atomic E-state index is 4.61. The lowest BCUT2D eigenvalue weighted by atomic mass is 10.0. The molecule has 3 nitrogen and oxygen atoms in total. The van der Waals surface area contributed by atoms with E-state index in [1.807, 2.05) is 6.08 Å². The molecule has 0 amide bonds. The summed E-state index contributed by atoms with van der Waals surface area (Å²) in [7, 11) is 0. The van der Waals surface area contributed by atoms with Gasteiger partial charge in [-0.2, -0.15) is 0 Å². The molecular formula is C13H23N3. The van der Waals surface area contributed by atoms with Crippen LogP contribution in [0.3, 0.4) is 0 Å². The number of unbranched alkanes of at least 4 members (excludes halogenated alkanes) is 2. The minimum atomic E-state index is 0.699. The van der Waals surface area contributed by atoms with Crippen molar-refractivity contribution in [2.24, 2.45) is 4.99 Å². The molecule has 2 aliphatic heterocycles. The molecule has 1 atom stereocenters. The van der Waals surface area contributed by atoms with E-state index < -0.39 is 0 Å². The number of nitrogens with one attached hydrogen (secondary N) is 1. The van der Waals surface area contributed by atoms with Crippen LogP contribution in [0.4, 0.5) is 0 Å². The number of rotatable bonds is 5. The van der Waals surface area contributed by atoms with Gasteiger partial charge in [0.15, 0.2) is 5.96 Å². The molecule has 0 aromatic rings. The Labute approximate surface area is 98.6 Å². The van der Waals surface area contributed by atoms with Crippen LogP contribution < -0.4 is 5.32 Å². The van der Waals surface area contributed by atoms with Crippen molar-refractivity contribution in [1.82, 2.24) is 10.2 Å². The first-order valence-electron chi connectivity index (χ1n) is 6.57. The molecule has 0 radical (unpaired) electrons. The average Bonchev–Trinajstić information content (AvgIpc) is 2.73. The highest BCUT2D eigenvalue weighted by Crippen LogP contribution is 2.21. The summed E-state index contributed by atoms with van der Waals surface area (Å²) in [6, 6.07) is 0.699. The second-order valence-corrected chi connectivity index (χ2v) is 4.72. The highest BCUT2D eigenvalue weighted by atomic mass is 15.4. The topological polar surface area (TPSA) is 27.6 Å². The van der Waals surface area contributed by atoms with Gasteiger partial charge in [0.25, 0.3) is 0 Å². The number of aliphatic imine (C=N–C) groups is 1. The van der Waals surface area contributed by atoms with Gasteiger partial charge in [-0.25, -0.2) is 0 Å². The summed E-state index contributed by atoms with van der Waals surface area (Å²) < 4.78 is 0. The third kappa shape index (κ3) is 2.77. The number of hydrogen-bond donors (Lipinski definition) is 1. The van der Waals surface area contributed by atoms with Crippen molar-refractivity contribution < 1.29 is 0 Å². The summed E-state index contributed by atoms with van der Waals surface area (Å²) in [5.74, 6) is 1.16. The van der Waals surface area contributed by atoms with E-state index in [4.69, 9.17) is 0 Å². The van der Waals surface area contributed by atoms with E-state index in [0.717, 1.165) is 25.5 Å². The molecule has 90 valence electrons. The standard InChI is InChI=1S/C13H23N3/c1-2-3-4-6-9-14-13-15-11-12-8-5-7-10-16(12)13/h2,12H,1,3-11H2,(H,14,15)/t12-/m1/s1. The molecule has 0 unspecified atom stereocenters. The lowest BCUT2D eigenvalue weighted by Gasteiger charge is -2.32. The number of allylic oxidation sites excluding steroid dienone is 1. The zero-order chi connectivity index (χ0) is 11.2. The number of piperidine rings is 1. The second kappa shape index (κ2) is 5.92. The molecule has 2 rings (SSSR count). The summed E-state index contributed by atoms with van der Waals surface area (Å²) in [5, 5.41) is 3.48. The molecule has 0 bridgehead atoms. The van der Waals surface area contributed by atoms with Crippen molar-refractivity contribution in [3.8, 4) is 0 Å². The molecule has 0 spiro atoms. The van der Waals surface area contributed by atoms with Crippen LogP contribution in [0.1, 0.15) is 38.5 Å². The normalized spacial score (nSPS) is 23.9. The fraction of sp³-hybridized carbons (Fsp3) is 0.769. The Bertz CT molecular complexity index is 260. The quantitative estimate of drug-likeness (QED) is 0.569. The maximum absolute atomic E-state index is 4.61. The molecule has 1 saturated heterocycles. The van der Waals surface area contributed by atoms with Crippen molar-refractivity contribution >= 4 is 5.96 Å². The minimum Gasteiger partial charge on any atom is -0.356 e. The van der Waals surface area contributed by atoms with Crippen LogP contribution in [0, 0.1) is 0 Å². The first-order valence-corrected chi connectivity index (χ1v) is 6.57. The SMILES string of the molecule is C=CCCCCNC1=NC[C@H]2CCCCN12. The highest BCUT2D eigenvalue weighted by molar-refractivity contribution is 5.82. The van der Waals surface area contributed by atoms with Crippen LogP contribution in [0.15, 0.2) is 17.6 Å². The van der Waals surface area contributed by atoms with Crippen LogP contribution in [0.5, 0.6) is 0 Å². The Morgan fingerprint density at radius 2 is 2.38 bits per heavy atom. The van der Waals surface area contributed by atoms with Crippen LogP contribution in [-0.2, 0) is 0 Å². The van der Waals surface area contributed by atoms with Gasteiger partial charge in [0.1, 0.15) is 0 Å². The Hall–Kier alpha value is -0.990. The van der Waals surface area contributed by atoms with E-state index in [2.05, 4.69) is 21.8 Å². The van der Waals surface area contributed by atoms with Gasteiger partial charge in [0.05, 0.1) is 12.6 Å². The number of nitrogens with zero attached hydrogens (tertiary/aromatic N) is 2. The maximum Gasteiger partial charge on any atom is 0.194 e. The van der Waals surface area contributed by atoms with Gasteiger partial charge in [-0.15, -0.1) is 6.58 Å². The number of guanidine groups is 1. The number of fused-ring (bicyclic) bond motifs is 1. The molecule has 2 aliphatic rings. The highest BCUT2D eigenvalue weighted by Gasteiger charge is 2.29. The van der Waals surface area contributed by atoms with E-state index in [9.17, 15) is 0 Å². The summed E-state index contributed by atoms with van der Waals surface area (Å²) in [6.07, 6.45) is 9.59. The van der Waals surface area contributed by atoms with Gasteiger partial charge in [0.2, 0.25) is 0 Å². The van der Waals surface area contributed by atoms with Gasteiger partial charge in [-0.05, 0) is 38.5 Å². The predicted molar refractivity (Wildman–Crippen MR) is 68.7 cm³/mol. The van der Waals surface area contributed by atoms with Crippen LogP contribution in [0.2, 0.25) is 0 Å². The molecule has 3 heteroatoms. The Kier molecular flexibility index (Phi) is 4.25. The van der Waals surface area contributed by atoms with Crippen molar-refractivity contribution in [3.05, 3.63) is 12.7 Å². The Morgan fingerprint density at radius 1 is 1.44 bits per heavy atom. The van der Waals surface area contributed by atoms with Crippen molar-refractivity contribution in [1.29, 1.82) is 0 Å². The van der Waals surface area contributed by atoms with Gasteiger partial charge in [-0.3, -0.25) is 4.99 Å². The molecule has 1 fully saturated rings. The Balaban J connectivity index is 1.67. The van der Waals surface area contributed by atoms with Gasteiger partial charge in [0, 0.05) is 13.1 Å². The van der Waals surface area contributed by atoms with Crippen LogP contribution in [-0.4, -0.2) is 36.5 Å². The molecule has 0 aromatic carbocycles. The second-order valence-electron chi connectivity index (χ2n) is 4.72. The van der Waals surface area contributed by atoms with Gasteiger partial charge < -0.3 is 10.2 Å². The first kappa shape index (κ1) is 11.5. The van der Waals surface area contributed by atoms with Crippen LogP contribution in [0.25, 0.3) is 0 Å². The Morgan fingerprint density at radius 3 is 3.25 bits per heavy atom. The van der Waals surface area contributed by atoms with E-state index >= 15 is 0 Å². The fourth-order valence-electron chi connectivity index (χ4n) is 2.52. The predicted octanol–water partition coefficient (Wildman–Crippen LogP) is 2.16. The van der Waals surface area contributed by atoms with Crippen molar-refractivity contribution in [2.75, 3.05) is 19.6 Å². The van der Waals surface area contributed by atoms with E-state index in [-0.39, 0.29) is 0 Å². The third-order valence-electron chi connectivity index (χ3n) is 3.47. The van der Waals surface area contributed by atoms with Crippen LogP contribution >= 0.6 is 0 Å². The average molecular weight is 221 g/mol. The molecular weight excluding hydrogens is 198 g/mol. The van der Waals surface area contributed by atoms with Crippen molar-refractivity contribution in [2.45, 2.75) is 44.6 Å². The van der Waals surface area contributed by atoms with E-state index in [1.54, 1.807) is 0 Å². The monoisotopic (exact) mass is 221 g/mol. The van der Waals surface area contributed by atoms with E-state index in [0.29, 0.717) is 6.04 Å². The first-order chi connectivity index (χ1) is 7.92. The zero-order valence-electron chi connectivity index (χ0n) is 10.1. The van der Waals surface area contributed by atoms with Gasteiger partial charge in [-0.1, -0.05) is 6.08 Å². The molecule has 0 saturated carbocycles. The lowest BCUT2D eigenvalue weighted by Crippen LogP contribution is -2.46. The van der Waals surface area contributed by atoms with E-state index in [1.165, 1.54) is 38.6 Å². The summed E-state index contributed by atoms with van der Waals surface area (Å²) in [6.45, 7) is 7.00. The number of hydrogen-bond acceptors (Lipinski definition) is 3. The molecule has 16 heavy (non-hydrogen) atoms. The molecule has 0 aliphatic carbocycles. The summed E-state index contributed by atoms with van der Waals surface area (Å²) in [5.41, 5.74) is 0. The largest absolute Gasteiger partial charge is 0.356 e. The molecule has 0 aromatic heterocycles. The lowest BCUT2D eigenvalue weighted by molar-refractivity contribution is 0.262. The third-order valence-corrected chi connectivity index (χ3v) is 3.47. The zero-order valence-corrected chi connectivity index (χ0v) is 10.1.